The van der Waals surface area contributed by atoms with E-state index in [0.29, 0.717) is 53.9 Å². The van der Waals surface area contributed by atoms with Crippen molar-refractivity contribution in [2.24, 2.45) is 0 Å². The van der Waals surface area contributed by atoms with Crippen LogP contribution in [0.5, 0.6) is 5.75 Å². The number of benzene rings is 3. The molecular weight excluding hydrogens is 519 g/mol. The van der Waals surface area contributed by atoms with Crippen molar-refractivity contribution in [3.8, 4) is 5.75 Å². The van der Waals surface area contributed by atoms with E-state index < -0.39 is 17.7 Å². The van der Waals surface area contributed by atoms with Crippen molar-refractivity contribution in [2.45, 2.75) is 51.8 Å². The monoisotopic (exact) mass is 549 g/mol. The van der Waals surface area contributed by atoms with Crippen molar-refractivity contribution in [3.63, 3.8) is 0 Å². The van der Waals surface area contributed by atoms with E-state index >= 15 is 0 Å². The first-order valence-electron chi connectivity index (χ1n) is 13.5. The molecule has 0 radical (unpaired) electrons. The highest BCUT2D eigenvalue weighted by Gasteiger charge is 2.33. The molecule has 1 aliphatic heterocycles. The van der Waals surface area contributed by atoms with Gasteiger partial charge < -0.3 is 14.4 Å². The second-order valence-corrected chi connectivity index (χ2v) is 9.93. The van der Waals surface area contributed by atoms with Crippen LogP contribution >= 0.6 is 0 Å². The summed E-state index contributed by atoms with van der Waals surface area (Å²) in [5, 5.41) is 0. The van der Waals surface area contributed by atoms with Crippen LogP contribution in [0.15, 0.2) is 66.7 Å². The zero-order chi connectivity index (χ0) is 28.3. The van der Waals surface area contributed by atoms with E-state index in [1.807, 2.05) is 36.4 Å². The van der Waals surface area contributed by atoms with Gasteiger partial charge >= 0.3 is 12.1 Å². The predicted octanol–water partition coefficient (Wildman–Crippen LogP) is 7.68. The third kappa shape index (κ3) is 5.91. The zero-order valence-corrected chi connectivity index (χ0v) is 22.2. The topological polar surface area (TPSA) is 55.8 Å². The van der Waals surface area contributed by atoms with Crippen LogP contribution in [-0.4, -0.2) is 25.0 Å². The molecule has 0 unspecified atom stereocenters. The van der Waals surface area contributed by atoms with Crippen molar-refractivity contribution in [1.29, 1.82) is 0 Å². The number of carbonyl (C=O) groups is 2. The summed E-state index contributed by atoms with van der Waals surface area (Å²) in [6.07, 6.45) is -1.46. The Morgan fingerprint density at radius 2 is 1.70 bits per heavy atom. The molecule has 3 aromatic rings. The Bertz CT molecular complexity index is 1450. The molecule has 0 N–H and O–H groups in total. The summed E-state index contributed by atoms with van der Waals surface area (Å²) >= 11 is 0. The van der Waals surface area contributed by atoms with Gasteiger partial charge in [0.05, 0.1) is 17.7 Å². The van der Waals surface area contributed by atoms with Crippen LogP contribution in [0.25, 0.3) is 11.1 Å². The summed E-state index contributed by atoms with van der Waals surface area (Å²) in [6.45, 7) is 2.67. The number of ether oxygens (including phenoxy) is 2. The van der Waals surface area contributed by atoms with Gasteiger partial charge in [0.25, 0.3) is 0 Å². The Morgan fingerprint density at radius 1 is 0.925 bits per heavy atom. The quantitative estimate of drug-likeness (QED) is 0.271. The standard InChI is InChI=1S/C32H30F3NO4/c1-2-39-31(38)23-16-22(17-25(18-23)36-15-7-12-30(36)37)26-10-6-11-27(26)28-19-24(32(33,34)35)13-14-29(28)40-20-21-8-4-3-5-9-21/h3-5,8-9,13-14,16-19H,2,6-7,10-12,15,20H2,1H3. The van der Waals surface area contributed by atoms with Gasteiger partial charge in [-0.05, 0) is 91.3 Å². The fourth-order valence-corrected chi connectivity index (χ4v) is 5.36. The van der Waals surface area contributed by atoms with Crippen LogP contribution in [0.1, 0.15) is 71.6 Å². The number of nitrogens with zero attached hydrogens (tertiary/aromatic N) is 1. The van der Waals surface area contributed by atoms with Gasteiger partial charge in [0.15, 0.2) is 0 Å². The predicted molar refractivity (Wildman–Crippen MR) is 147 cm³/mol. The van der Waals surface area contributed by atoms with Gasteiger partial charge in [0.2, 0.25) is 5.91 Å². The summed E-state index contributed by atoms with van der Waals surface area (Å²) in [5.74, 6) is -0.173. The average molecular weight is 550 g/mol. The van der Waals surface area contributed by atoms with Crippen molar-refractivity contribution in [3.05, 3.63) is 94.5 Å². The largest absolute Gasteiger partial charge is 0.488 e. The summed E-state index contributed by atoms with van der Waals surface area (Å²) < 4.78 is 52.7. The molecule has 1 heterocycles. The Labute approximate surface area is 231 Å². The average Bonchev–Trinajstić information content (AvgIpc) is 3.61. The normalized spacial score (nSPS) is 15.6. The highest BCUT2D eigenvalue weighted by atomic mass is 19.4. The lowest BCUT2D eigenvalue weighted by molar-refractivity contribution is -0.137. The molecule has 3 aromatic carbocycles. The number of rotatable bonds is 8. The molecule has 0 atom stereocenters. The molecule has 0 saturated carbocycles. The molecule has 5 nitrogen and oxygen atoms in total. The van der Waals surface area contributed by atoms with E-state index in [-0.39, 0.29) is 19.1 Å². The molecule has 0 spiro atoms. The first kappa shape index (κ1) is 27.5. The molecule has 1 aliphatic carbocycles. The SMILES string of the molecule is CCOC(=O)c1cc(C2=C(c3cc(C(F)(F)F)ccc3OCc3ccccc3)CCC2)cc(N2CCCC2=O)c1. The van der Waals surface area contributed by atoms with Gasteiger partial charge in [0.1, 0.15) is 12.4 Å². The Kier molecular flexibility index (Phi) is 7.96. The van der Waals surface area contributed by atoms with Crippen LogP contribution < -0.4 is 9.64 Å². The van der Waals surface area contributed by atoms with E-state index in [0.717, 1.165) is 41.7 Å². The van der Waals surface area contributed by atoms with E-state index in [2.05, 4.69) is 0 Å². The Balaban J connectivity index is 1.62. The van der Waals surface area contributed by atoms with Gasteiger partial charge in [-0.1, -0.05) is 30.3 Å². The maximum atomic E-state index is 13.8. The van der Waals surface area contributed by atoms with Gasteiger partial charge in [0, 0.05) is 24.2 Å². The third-order valence-corrected chi connectivity index (χ3v) is 7.25. The summed E-state index contributed by atoms with van der Waals surface area (Å²) in [5.41, 5.74) is 3.70. The lowest BCUT2D eigenvalue weighted by Gasteiger charge is -2.20. The number of amides is 1. The minimum atomic E-state index is -4.51. The molecule has 2 aliphatic rings. The van der Waals surface area contributed by atoms with Crippen molar-refractivity contribution >= 4 is 28.7 Å². The molecule has 0 aromatic heterocycles. The minimum Gasteiger partial charge on any atom is -0.488 e. The van der Waals surface area contributed by atoms with Gasteiger partial charge in [-0.15, -0.1) is 0 Å². The summed E-state index contributed by atoms with van der Waals surface area (Å²) in [6, 6.07) is 18.2. The molecule has 5 rings (SSSR count). The van der Waals surface area contributed by atoms with Crippen LogP contribution in [0.2, 0.25) is 0 Å². The highest BCUT2D eigenvalue weighted by molar-refractivity contribution is 6.01. The molecule has 1 fully saturated rings. The van der Waals surface area contributed by atoms with Gasteiger partial charge in [-0.2, -0.15) is 13.2 Å². The van der Waals surface area contributed by atoms with Crippen molar-refractivity contribution in [2.75, 3.05) is 18.1 Å². The summed E-state index contributed by atoms with van der Waals surface area (Å²) in [7, 11) is 0. The maximum absolute atomic E-state index is 13.8. The number of halogens is 3. The van der Waals surface area contributed by atoms with Crippen molar-refractivity contribution in [1.82, 2.24) is 0 Å². The lowest BCUT2D eigenvalue weighted by Crippen LogP contribution is -2.24. The molecule has 1 amide bonds. The number of alkyl halides is 3. The van der Waals surface area contributed by atoms with Gasteiger partial charge in [-0.3, -0.25) is 4.79 Å². The second-order valence-electron chi connectivity index (χ2n) is 9.93. The minimum absolute atomic E-state index is 0.0259. The smallest absolute Gasteiger partial charge is 0.416 e. The zero-order valence-electron chi connectivity index (χ0n) is 22.2. The van der Waals surface area contributed by atoms with Crippen LogP contribution in [0.4, 0.5) is 18.9 Å². The highest BCUT2D eigenvalue weighted by Crippen LogP contribution is 2.45. The number of hydrogen-bond donors (Lipinski definition) is 0. The molecular formula is C32H30F3NO4. The number of carbonyl (C=O) groups excluding carboxylic acids is 2. The third-order valence-electron chi connectivity index (χ3n) is 7.25. The number of allylic oxidation sites excluding steroid dienone is 2. The molecule has 0 bridgehead atoms. The van der Waals surface area contributed by atoms with Gasteiger partial charge in [-0.25, -0.2) is 4.79 Å². The fraction of sp³-hybridized carbons (Fsp3) is 0.312. The van der Waals surface area contributed by atoms with E-state index in [1.54, 1.807) is 24.0 Å². The van der Waals surface area contributed by atoms with Crippen LogP contribution in [0, 0.1) is 0 Å². The van der Waals surface area contributed by atoms with E-state index in [9.17, 15) is 22.8 Å². The van der Waals surface area contributed by atoms with Crippen molar-refractivity contribution < 1.29 is 32.2 Å². The maximum Gasteiger partial charge on any atom is 0.416 e. The number of hydrogen-bond acceptors (Lipinski definition) is 4. The number of anilines is 1. The Hall–Kier alpha value is -4.07. The first-order chi connectivity index (χ1) is 19.2. The summed E-state index contributed by atoms with van der Waals surface area (Å²) in [4.78, 5) is 26.9. The second kappa shape index (κ2) is 11.6. The van der Waals surface area contributed by atoms with E-state index in [1.165, 1.54) is 6.07 Å². The molecule has 208 valence electrons. The molecule has 40 heavy (non-hydrogen) atoms. The van der Waals surface area contributed by atoms with Crippen LogP contribution in [0.3, 0.4) is 0 Å². The lowest BCUT2D eigenvalue weighted by atomic mass is 9.93. The van der Waals surface area contributed by atoms with Crippen LogP contribution in [-0.2, 0) is 22.3 Å². The number of esters is 1. The molecule has 1 saturated heterocycles. The molecule has 8 heteroatoms. The fourth-order valence-electron chi connectivity index (χ4n) is 5.36. The first-order valence-corrected chi connectivity index (χ1v) is 13.5. The van der Waals surface area contributed by atoms with E-state index in [4.69, 9.17) is 9.47 Å². The Morgan fingerprint density at radius 3 is 2.40 bits per heavy atom.